The third-order valence-electron chi connectivity index (χ3n) is 5.58. The van der Waals surface area contributed by atoms with E-state index in [1.54, 1.807) is 12.1 Å². The predicted molar refractivity (Wildman–Crippen MR) is 110 cm³/mol. The number of phenols is 1. The zero-order chi connectivity index (χ0) is 19.1. The summed E-state index contributed by atoms with van der Waals surface area (Å²) in [5.74, 6) is 0.266. The van der Waals surface area contributed by atoms with E-state index in [1.165, 1.54) is 22.3 Å². The highest BCUT2D eigenvalue weighted by atomic mass is 16.3. The maximum Gasteiger partial charge on any atom is 0.117 e. The topological polar surface area (TPSA) is 75.0 Å². The molecule has 0 aliphatic carbocycles. The number of aryl methyl sites for hydroxylation is 2. The van der Waals surface area contributed by atoms with E-state index in [1.807, 2.05) is 23.7 Å². The molecule has 0 amide bonds. The van der Waals surface area contributed by atoms with Crippen molar-refractivity contribution in [3.63, 3.8) is 0 Å². The lowest BCUT2D eigenvalue weighted by Crippen LogP contribution is -2.13. The molecule has 3 N–H and O–H groups in total. The third-order valence-corrected chi connectivity index (χ3v) is 5.58. The van der Waals surface area contributed by atoms with E-state index < -0.39 is 0 Å². The molecule has 28 heavy (non-hydrogen) atoms. The van der Waals surface area contributed by atoms with Gasteiger partial charge in [-0.1, -0.05) is 29.5 Å². The molecule has 0 fully saturated rings. The van der Waals surface area contributed by atoms with Crippen molar-refractivity contribution in [2.75, 3.05) is 18.4 Å². The number of aromatic nitrogens is 3. The van der Waals surface area contributed by atoms with Crippen molar-refractivity contribution in [1.29, 1.82) is 0 Å². The highest BCUT2D eigenvalue weighted by molar-refractivity contribution is 5.75. The number of nitrogens with zero attached hydrogens (tertiary/aromatic N) is 3. The zero-order valence-electron chi connectivity index (χ0n) is 15.8. The maximum atomic E-state index is 9.85. The standard InChI is InChI=1S/C22H23N5O/c1-14-22-19-6-5-15(16-7-9-23-13-16)11-20(19)21(8-10-27(22)26-25-14)24-17-3-2-4-18(28)12-17/h2-7,11-12,21,23-24,28H,8-10,13H2,1H3. The van der Waals surface area contributed by atoms with E-state index in [-0.39, 0.29) is 11.8 Å². The molecule has 0 bridgehead atoms. The Bertz CT molecular complexity index is 1070. The van der Waals surface area contributed by atoms with Crippen LogP contribution in [0.5, 0.6) is 5.75 Å². The van der Waals surface area contributed by atoms with Crippen LogP contribution in [0.15, 0.2) is 48.5 Å². The van der Waals surface area contributed by atoms with Crippen molar-refractivity contribution >= 4 is 11.3 Å². The number of anilines is 1. The van der Waals surface area contributed by atoms with Crippen molar-refractivity contribution in [2.24, 2.45) is 0 Å². The fourth-order valence-electron chi connectivity index (χ4n) is 4.20. The monoisotopic (exact) mass is 373 g/mol. The quantitative estimate of drug-likeness (QED) is 0.655. The molecule has 0 spiro atoms. The number of hydrogen-bond acceptors (Lipinski definition) is 5. The normalized spacial score (nSPS) is 18.2. The smallest absolute Gasteiger partial charge is 0.117 e. The van der Waals surface area contributed by atoms with Gasteiger partial charge in [0, 0.05) is 37.0 Å². The summed E-state index contributed by atoms with van der Waals surface area (Å²) in [6, 6.07) is 14.1. The summed E-state index contributed by atoms with van der Waals surface area (Å²) in [4.78, 5) is 0. The van der Waals surface area contributed by atoms with E-state index in [0.717, 1.165) is 43.1 Å². The van der Waals surface area contributed by atoms with Gasteiger partial charge in [0.15, 0.2) is 0 Å². The summed E-state index contributed by atoms with van der Waals surface area (Å²) >= 11 is 0. The molecular formula is C22H23N5O. The second-order valence-corrected chi connectivity index (χ2v) is 7.44. The summed E-state index contributed by atoms with van der Waals surface area (Å²) in [7, 11) is 0. The molecule has 0 saturated carbocycles. The van der Waals surface area contributed by atoms with Crippen molar-refractivity contribution in [2.45, 2.75) is 25.9 Å². The van der Waals surface area contributed by atoms with Crippen LogP contribution < -0.4 is 10.6 Å². The number of rotatable bonds is 3. The molecule has 3 aromatic rings. The van der Waals surface area contributed by atoms with Gasteiger partial charge >= 0.3 is 0 Å². The number of hydrogen-bond donors (Lipinski definition) is 3. The summed E-state index contributed by atoms with van der Waals surface area (Å²) in [5, 5.41) is 25.5. The van der Waals surface area contributed by atoms with Gasteiger partial charge in [0.25, 0.3) is 0 Å². The number of nitrogens with one attached hydrogen (secondary N) is 2. The van der Waals surface area contributed by atoms with Gasteiger partial charge in [0.2, 0.25) is 0 Å². The Morgan fingerprint density at radius 1 is 1.21 bits per heavy atom. The zero-order valence-corrected chi connectivity index (χ0v) is 15.8. The predicted octanol–water partition coefficient (Wildman–Crippen LogP) is 3.50. The molecule has 0 saturated heterocycles. The second-order valence-electron chi connectivity index (χ2n) is 7.44. The minimum absolute atomic E-state index is 0.118. The van der Waals surface area contributed by atoms with Crippen molar-refractivity contribution in [3.8, 4) is 17.0 Å². The van der Waals surface area contributed by atoms with Crippen LogP contribution in [0, 0.1) is 6.92 Å². The lowest BCUT2D eigenvalue weighted by Gasteiger charge is -2.21. The number of benzene rings is 2. The summed E-state index contributed by atoms with van der Waals surface area (Å²) in [6.45, 7) is 4.64. The molecule has 6 heteroatoms. The Morgan fingerprint density at radius 2 is 2.14 bits per heavy atom. The van der Waals surface area contributed by atoms with Gasteiger partial charge in [-0.15, -0.1) is 5.10 Å². The van der Waals surface area contributed by atoms with Gasteiger partial charge in [0.1, 0.15) is 5.75 Å². The summed E-state index contributed by atoms with van der Waals surface area (Å²) < 4.78 is 2.01. The first-order valence-electron chi connectivity index (χ1n) is 9.69. The molecule has 0 radical (unpaired) electrons. The molecular weight excluding hydrogens is 350 g/mol. The lowest BCUT2D eigenvalue weighted by molar-refractivity contribution is 0.475. The van der Waals surface area contributed by atoms with Gasteiger partial charge in [-0.2, -0.15) is 0 Å². The largest absolute Gasteiger partial charge is 0.508 e. The molecule has 1 aromatic heterocycles. The van der Waals surface area contributed by atoms with E-state index in [9.17, 15) is 5.11 Å². The van der Waals surface area contributed by atoms with Gasteiger partial charge in [-0.25, -0.2) is 4.68 Å². The van der Waals surface area contributed by atoms with Crippen LogP contribution >= 0.6 is 0 Å². The van der Waals surface area contributed by atoms with E-state index in [2.05, 4.69) is 45.2 Å². The highest BCUT2D eigenvalue weighted by Crippen LogP contribution is 2.38. The maximum absolute atomic E-state index is 9.85. The van der Waals surface area contributed by atoms with Gasteiger partial charge in [-0.05, 0) is 48.2 Å². The van der Waals surface area contributed by atoms with Crippen molar-refractivity contribution in [3.05, 3.63) is 65.4 Å². The van der Waals surface area contributed by atoms with Crippen LogP contribution in [0.1, 0.15) is 29.3 Å². The second kappa shape index (κ2) is 6.80. The van der Waals surface area contributed by atoms with E-state index in [0.29, 0.717) is 0 Å². The van der Waals surface area contributed by atoms with E-state index >= 15 is 0 Å². The summed E-state index contributed by atoms with van der Waals surface area (Å²) in [5.41, 5.74) is 7.98. The first kappa shape index (κ1) is 17.0. The first-order chi connectivity index (χ1) is 13.7. The van der Waals surface area contributed by atoms with Crippen LogP contribution in [-0.2, 0) is 6.54 Å². The van der Waals surface area contributed by atoms with Crippen molar-refractivity contribution < 1.29 is 5.11 Å². The minimum Gasteiger partial charge on any atom is -0.508 e. The Kier molecular flexibility index (Phi) is 4.13. The summed E-state index contributed by atoms with van der Waals surface area (Å²) in [6.07, 6.45) is 3.15. The highest BCUT2D eigenvalue weighted by Gasteiger charge is 2.26. The molecule has 2 aromatic carbocycles. The Hall–Kier alpha value is -3.12. The number of fused-ring (bicyclic) bond motifs is 3. The van der Waals surface area contributed by atoms with Gasteiger partial charge < -0.3 is 15.7 Å². The first-order valence-corrected chi connectivity index (χ1v) is 9.69. The molecule has 5 rings (SSSR count). The molecule has 142 valence electrons. The molecule has 2 aliphatic heterocycles. The van der Waals surface area contributed by atoms with Crippen LogP contribution in [0.4, 0.5) is 5.69 Å². The van der Waals surface area contributed by atoms with E-state index in [4.69, 9.17) is 0 Å². The Morgan fingerprint density at radius 3 is 2.96 bits per heavy atom. The van der Waals surface area contributed by atoms with Crippen LogP contribution in [0.3, 0.4) is 0 Å². The SMILES string of the molecule is Cc1nnn2c1-c1ccc(C3=CCNC3)cc1C(Nc1cccc(O)c1)CC2. The van der Waals surface area contributed by atoms with Crippen LogP contribution in [-0.4, -0.2) is 33.2 Å². The minimum atomic E-state index is 0.118. The van der Waals surface area contributed by atoms with Crippen LogP contribution in [0.25, 0.3) is 16.8 Å². The Labute approximate surface area is 163 Å². The van der Waals surface area contributed by atoms with Gasteiger partial charge in [-0.3, -0.25) is 0 Å². The number of aromatic hydroxyl groups is 1. The Balaban J connectivity index is 1.61. The lowest BCUT2D eigenvalue weighted by atomic mass is 9.92. The number of phenolic OH excluding ortho intramolecular Hbond substituents is 1. The van der Waals surface area contributed by atoms with Crippen LogP contribution in [0.2, 0.25) is 0 Å². The third kappa shape index (κ3) is 2.96. The molecule has 1 atom stereocenters. The average molecular weight is 373 g/mol. The van der Waals surface area contributed by atoms with Crippen molar-refractivity contribution in [1.82, 2.24) is 20.3 Å². The fourth-order valence-corrected chi connectivity index (χ4v) is 4.20. The van der Waals surface area contributed by atoms with Gasteiger partial charge in [0.05, 0.1) is 17.4 Å². The molecule has 3 heterocycles. The molecule has 6 nitrogen and oxygen atoms in total. The fraction of sp³-hybridized carbons (Fsp3) is 0.273. The average Bonchev–Trinajstić information content (AvgIpc) is 3.32. The molecule has 2 aliphatic rings. The molecule has 1 unspecified atom stereocenters.